The number of para-hydroxylation sites is 2. The van der Waals surface area contributed by atoms with Crippen molar-refractivity contribution in [1.82, 2.24) is 4.90 Å². The topological polar surface area (TPSA) is 53.3 Å². The van der Waals surface area contributed by atoms with Crippen molar-refractivity contribution >= 4 is 5.91 Å². The minimum absolute atomic E-state index is 0.156. The van der Waals surface area contributed by atoms with Crippen molar-refractivity contribution in [2.45, 2.75) is 6.42 Å². The van der Waals surface area contributed by atoms with Crippen LogP contribution in [0.2, 0.25) is 0 Å². The highest BCUT2D eigenvalue weighted by atomic mass is 16.5. The summed E-state index contributed by atoms with van der Waals surface area (Å²) in [5, 5.41) is 8.60. The van der Waals surface area contributed by atoms with E-state index in [0.717, 1.165) is 0 Å². The van der Waals surface area contributed by atoms with Gasteiger partial charge in [0.05, 0.1) is 18.1 Å². The van der Waals surface area contributed by atoms with Crippen LogP contribution in [0.4, 0.5) is 0 Å². The van der Waals surface area contributed by atoms with E-state index >= 15 is 0 Å². The summed E-state index contributed by atoms with van der Waals surface area (Å²) in [6, 6.07) is 18.5. The van der Waals surface area contributed by atoms with Crippen molar-refractivity contribution in [1.29, 1.82) is 5.26 Å². The third kappa shape index (κ3) is 3.83. The minimum atomic E-state index is -0.156. The molecule has 2 aromatic carbocycles. The fourth-order valence-corrected chi connectivity index (χ4v) is 1.87. The molecule has 0 spiro atoms. The van der Waals surface area contributed by atoms with Crippen LogP contribution in [0.1, 0.15) is 16.8 Å². The molecule has 0 aliphatic rings. The van der Waals surface area contributed by atoms with Gasteiger partial charge in [0.1, 0.15) is 11.5 Å². The van der Waals surface area contributed by atoms with Gasteiger partial charge in [-0.15, -0.1) is 0 Å². The number of nitrogens with zero attached hydrogens (tertiary/aromatic N) is 2. The van der Waals surface area contributed by atoms with Crippen LogP contribution in [0.3, 0.4) is 0 Å². The number of ether oxygens (including phenoxy) is 1. The van der Waals surface area contributed by atoms with Gasteiger partial charge in [-0.3, -0.25) is 4.79 Å². The molecule has 21 heavy (non-hydrogen) atoms. The zero-order chi connectivity index (χ0) is 15.1. The average molecular weight is 280 g/mol. The Labute approximate surface area is 124 Å². The maximum atomic E-state index is 12.4. The van der Waals surface area contributed by atoms with Gasteiger partial charge < -0.3 is 9.64 Å². The third-order valence-corrected chi connectivity index (χ3v) is 2.99. The Morgan fingerprint density at radius 3 is 2.52 bits per heavy atom. The zero-order valence-corrected chi connectivity index (χ0v) is 11.8. The van der Waals surface area contributed by atoms with E-state index in [-0.39, 0.29) is 5.91 Å². The molecule has 0 aliphatic carbocycles. The maximum Gasteiger partial charge on any atom is 0.257 e. The molecule has 1 amide bonds. The van der Waals surface area contributed by atoms with Crippen LogP contribution < -0.4 is 4.74 Å². The van der Waals surface area contributed by atoms with Gasteiger partial charge >= 0.3 is 0 Å². The molecule has 0 saturated heterocycles. The molecule has 0 bridgehead atoms. The Kier molecular flexibility index (Phi) is 4.94. The second-order valence-corrected chi connectivity index (χ2v) is 4.55. The summed E-state index contributed by atoms with van der Waals surface area (Å²) in [6.45, 7) is 0.398. The Bertz CT molecular complexity index is 647. The molecule has 0 unspecified atom stereocenters. The molecular formula is C17H16N2O2. The number of benzene rings is 2. The molecule has 0 saturated carbocycles. The number of carbonyl (C=O) groups is 1. The van der Waals surface area contributed by atoms with E-state index in [1.54, 1.807) is 25.2 Å². The van der Waals surface area contributed by atoms with Gasteiger partial charge in [-0.2, -0.15) is 5.26 Å². The first-order valence-electron chi connectivity index (χ1n) is 6.66. The zero-order valence-electron chi connectivity index (χ0n) is 11.8. The standard InChI is InChI=1S/C17H16N2O2/c1-19(13-7-12-18)17(20)15-10-5-6-11-16(15)21-14-8-3-2-4-9-14/h2-6,8-11H,7,13H2,1H3. The smallest absolute Gasteiger partial charge is 0.257 e. The second kappa shape index (κ2) is 7.11. The Hall–Kier alpha value is -2.80. The van der Waals surface area contributed by atoms with Gasteiger partial charge in [-0.25, -0.2) is 0 Å². The lowest BCUT2D eigenvalue weighted by molar-refractivity contribution is 0.0795. The number of carbonyl (C=O) groups excluding carboxylic acids is 1. The summed E-state index contributed by atoms with van der Waals surface area (Å²) in [5.41, 5.74) is 0.488. The largest absolute Gasteiger partial charge is 0.457 e. The van der Waals surface area contributed by atoms with E-state index in [1.807, 2.05) is 42.5 Å². The third-order valence-electron chi connectivity index (χ3n) is 2.99. The first-order valence-corrected chi connectivity index (χ1v) is 6.66. The number of rotatable bonds is 5. The summed E-state index contributed by atoms with van der Waals surface area (Å²) in [6.07, 6.45) is 0.309. The number of hydrogen-bond acceptors (Lipinski definition) is 3. The molecule has 2 aromatic rings. The summed E-state index contributed by atoms with van der Waals surface area (Å²) in [7, 11) is 1.68. The van der Waals surface area contributed by atoms with Gasteiger partial charge in [0.15, 0.2) is 0 Å². The molecule has 0 heterocycles. The predicted octanol–water partition coefficient (Wildman–Crippen LogP) is 3.46. The van der Waals surface area contributed by atoms with Crippen LogP contribution in [0.15, 0.2) is 54.6 Å². The quantitative estimate of drug-likeness (QED) is 0.842. The van der Waals surface area contributed by atoms with Crippen LogP contribution in [-0.2, 0) is 0 Å². The molecule has 106 valence electrons. The number of hydrogen-bond donors (Lipinski definition) is 0. The van der Waals surface area contributed by atoms with E-state index in [2.05, 4.69) is 0 Å². The fraction of sp³-hybridized carbons (Fsp3) is 0.176. The van der Waals surface area contributed by atoms with Crippen LogP contribution in [0.5, 0.6) is 11.5 Å². The molecule has 0 aliphatic heterocycles. The van der Waals surface area contributed by atoms with Crippen molar-refractivity contribution in [3.8, 4) is 17.6 Å². The van der Waals surface area contributed by atoms with Gasteiger partial charge in [-0.1, -0.05) is 30.3 Å². The van der Waals surface area contributed by atoms with Crippen LogP contribution in [-0.4, -0.2) is 24.4 Å². The molecule has 0 aromatic heterocycles. The second-order valence-electron chi connectivity index (χ2n) is 4.55. The highest BCUT2D eigenvalue weighted by molar-refractivity contribution is 5.96. The molecule has 0 N–H and O–H groups in total. The van der Waals surface area contributed by atoms with Crippen molar-refractivity contribution < 1.29 is 9.53 Å². The van der Waals surface area contributed by atoms with Gasteiger partial charge in [0.25, 0.3) is 5.91 Å². The highest BCUT2D eigenvalue weighted by Gasteiger charge is 2.16. The van der Waals surface area contributed by atoms with Crippen molar-refractivity contribution in [3.05, 3.63) is 60.2 Å². The molecular weight excluding hydrogens is 264 g/mol. The summed E-state index contributed by atoms with van der Waals surface area (Å²) in [4.78, 5) is 13.9. The van der Waals surface area contributed by atoms with Gasteiger partial charge in [0.2, 0.25) is 0 Å². The van der Waals surface area contributed by atoms with E-state index in [4.69, 9.17) is 10.00 Å². The molecule has 2 rings (SSSR count). The summed E-state index contributed by atoms with van der Waals surface area (Å²) < 4.78 is 5.77. The molecule has 0 fully saturated rings. The van der Waals surface area contributed by atoms with Crippen LogP contribution in [0, 0.1) is 11.3 Å². The molecule has 4 nitrogen and oxygen atoms in total. The lowest BCUT2D eigenvalue weighted by atomic mass is 10.1. The minimum Gasteiger partial charge on any atom is -0.457 e. The Morgan fingerprint density at radius 1 is 1.14 bits per heavy atom. The monoisotopic (exact) mass is 280 g/mol. The molecule has 4 heteroatoms. The van der Waals surface area contributed by atoms with E-state index in [0.29, 0.717) is 30.0 Å². The first kappa shape index (κ1) is 14.6. The predicted molar refractivity (Wildman–Crippen MR) is 80.1 cm³/mol. The summed E-state index contributed by atoms with van der Waals surface area (Å²) in [5.74, 6) is 1.03. The Morgan fingerprint density at radius 2 is 1.81 bits per heavy atom. The Balaban J connectivity index is 2.21. The van der Waals surface area contributed by atoms with Gasteiger partial charge in [-0.05, 0) is 24.3 Å². The fourth-order valence-electron chi connectivity index (χ4n) is 1.87. The van der Waals surface area contributed by atoms with Crippen molar-refractivity contribution in [2.24, 2.45) is 0 Å². The van der Waals surface area contributed by atoms with Crippen LogP contribution >= 0.6 is 0 Å². The lowest BCUT2D eigenvalue weighted by Gasteiger charge is -2.17. The van der Waals surface area contributed by atoms with E-state index in [9.17, 15) is 4.79 Å². The number of amides is 1. The van der Waals surface area contributed by atoms with E-state index in [1.165, 1.54) is 4.90 Å². The van der Waals surface area contributed by atoms with Crippen LogP contribution in [0.25, 0.3) is 0 Å². The molecule has 0 radical (unpaired) electrons. The highest BCUT2D eigenvalue weighted by Crippen LogP contribution is 2.25. The molecule has 0 atom stereocenters. The van der Waals surface area contributed by atoms with Gasteiger partial charge in [0, 0.05) is 13.6 Å². The lowest BCUT2D eigenvalue weighted by Crippen LogP contribution is -2.27. The van der Waals surface area contributed by atoms with Crippen molar-refractivity contribution in [2.75, 3.05) is 13.6 Å². The normalized spacial score (nSPS) is 9.71. The van der Waals surface area contributed by atoms with E-state index < -0.39 is 0 Å². The first-order chi connectivity index (χ1) is 10.2. The van der Waals surface area contributed by atoms with Crippen molar-refractivity contribution in [3.63, 3.8) is 0 Å². The SMILES string of the molecule is CN(CCC#N)C(=O)c1ccccc1Oc1ccccc1. The summed E-state index contributed by atoms with van der Waals surface area (Å²) >= 11 is 0. The average Bonchev–Trinajstić information content (AvgIpc) is 2.53. The number of nitriles is 1. The maximum absolute atomic E-state index is 12.4.